The minimum Gasteiger partial charge on any atom is -0.483 e. The van der Waals surface area contributed by atoms with E-state index in [9.17, 15) is 4.79 Å². The SMILES string of the molecule is CC(=O)NC1CC(c2nnc(COc3cccc4cccnc34)n2C)C1. The average molecular weight is 351 g/mol. The number of rotatable bonds is 5. The number of nitrogens with one attached hydrogen (secondary N) is 1. The summed E-state index contributed by atoms with van der Waals surface area (Å²) in [5.74, 6) is 2.81. The molecule has 0 atom stereocenters. The van der Waals surface area contributed by atoms with Crippen LogP contribution < -0.4 is 10.1 Å². The minimum absolute atomic E-state index is 0.0178. The van der Waals surface area contributed by atoms with Crippen LogP contribution in [0.3, 0.4) is 0 Å². The van der Waals surface area contributed by atoms with Crippen molar-refractivity contribution >= 4 is 16.8 Å². The van der Waals surface area contributed by atoms with Crippen molar-refractivity contribution in [1.82, 2.24) is 25.1 Å². The zero-order chi connectivity index (χ0) is 18.1. The van der Waals surface area contributed by atoms with Crippen LogP contribution in [0.1, 0.15) is 37.3 Å². The van der Waals surface area contributed by atoms with Crippen LogP contribution in [-0.4, -0.2) is 31.7 Å². The largest absolute Gasteiger partial charge is 0.483 e. The third kappa shape index (κ3) is 3.12. The van der Waals surface area contributed by atoms with E-state index in [0.717, 1.165) is 41.1 Å². The molecule has 2 heterocycles. The van der Waals surface area contributed by atoms with Crippen molar-refractivity contribution < 1.29 is 9.53 Å². The molecule has 0 unspecified atom stereocenters. The monoisotopic (exact) mass is 351 g/mol. The van der Waals surface area contributed by atoms with Crippen LogP contribution in [0.25, 0.3) is 10.9 Å². The lowest BCUT2D eigenvalue weighted by atomic mass is 9.79. The van der Waals surface area contributed by atoms with Gasteiger partial charge in [0.2, 0.25) is 5.91 Å². The topological polar surface area (TPSA) is 81.9 Å². The van der Waals surface area contributed by atoms with Gasteiger partial charge in [0.15, 0.2) is 5.82 Å². The Balaban J connectivity index is 1.43. The molecule has 4 rings (SSSR count). The van der Waals surface area contributed by atoms with Gasteiger partial charge >= 0.3 is 0 Å². The van der Waals surface area contributed by atoms with Gasteiger partial charge in [-0.15, -0.1) is 10.2 Å². The summed E-state index contributed by atoms with van der Waals surface area (Å²) in [6.45, 7) is 1.88. The number of pyridine rings is 1. The Morgan fingerprint density at radius 3 is 2.88 bits per heavy atom. The molecule has 2 aromatic heterocycles. The summed E-state index contributed by atoms with van der Waals surface area (Å²) in [6, 6.07) is 10.0. The number of carbonyl (C=O) groups excluding carboxylic acids is 1. The number of benzene rings is 1. The second kappa shape index (κ2) is 6.74. The van der Waals surface area contributed by atoms with Gasteiger partial charge in [-0.25, -0.2) is 0 Å². The quantitative estimate of drug-likeness (QED) is 0.763. The van der Waals surface area contributed by atoms with Crippen molar-refractivity contribution in [2.45, 2.75) is 38.3 Å². The maximum absolute atomic E-state index is 11.1. The molecule has 7 nitrogen and oxygen atoms in total. The van der Waals surface area contributed by atoms with Crippen LogP contribution in [-0.2, 0) is 18.4 Å². The van der Waals surface area contributed by atoms with Gasteiger partial charge in [-0.2, -0.15) is 0 Å². The van der Waals surface area contributed by atoms with Gasteiger partial charge < -0.3 is 14.6 Å². The van der Waals surface area contributed by atoms with E-state index in [4.69, 9.17) is 4.74 Å². The highest BCUT2D eigenvalue weighted by atomic mass is 16.5. The predicted molar refractivity (Wildman–Crippen MR) is 96.7 cm³/mol. The van der Waals surface area contributed by atoms with E-state index in [2.05, 4.69) is 20.5 Å². The lowest BCUT2D eigenvalue weighted by Crippen LogP contribution is -2.43. The van der Waals surface area contributed by atoms with Gasteiger partial charge in [-0.1, -0.05) is 18.2 Å². The molecule has 1 saturated carbocycles. The van der Waals surface area contributed by atoms with Crippen LogP contribution in [0.2, 0.25) is 0 Å². The molecule has 1 aliphatic rings. The molecular weight excluding hydrogens is 330 g/mol. The Hall–Kier alpha value is -2.96. The molecule has 7 heteroatoms. The fourth-order valence-corrected chi connectivity index (χ4v) is 3.43. The first kappa shape index (κ1) is 16.5. The van der Waals surface area contributed by atoms with E-state index in [1.807, 2.05) is 41.9 Å². The first-order chi connectivity index (χ1) is 12.6. The first-order valence-corrected chi connectivity index (χ1v) is 8.73. The van der Waals surface area contributed by atoms with E-state index >= 15 is 0 Å². The summed E-state index contributed by atoms with van der Waals surface area (Å²) in [7, 11) is 1.96. The highest BCUT2D eigenvalue weighted by Gasteiger charge is 2.34. The van der Waals surface area contributed by atoms with E-state index < -0.39 is 0 Å². The maximum atomic E-state index is 11.1. The number of carbonyl (C=O) groups is 1. The fourth-order valence-electron chi connectivity index (χ4n) is 3.43. The molecule has 1 N–H and O–H groups in total. The second-order valence-corrected chi connectivity index (χ2v) is 6.72. The van der Waals surface area contributed by atoms with Crippen molar-refractivity contribution in [3.8, 4) is 5.75 Å². The highest BCUT2D eigenvalue weighted by molar-refractivity contribution is 5.84. The van der Waals surface area contributed by atoms with Crippen molar-refractivity contribution in [1.29, 1.82) is 0 Å². The Morgan fingerprint density at radius 2 is 2.08 bits per heavy atom. The number of nitrogens with zero attached hydrogens (tertiary/aromatic N) is 4. The van der Waals surface area contributed by atoms with Crippen molar-refractivity contribution in [2.75, 3.05) is 0 Å². The second-order valence-electron chi connectivity index (χ2n) is 6.72. The number of ether oxygens (including phenoxy) is 1. The van der Waals surface area contributed by atoms with E-state index in [0.29, 0.717) is 12.5 Å². The molecular formula is C19H21N5O2. The minimum atomic E-state index is 0.0178. The molecule has 0 bridgehead atoms. The summed E-state index contributed by atoms with van der Waals surface area (Å²) >= 11 is 0. The predicted octanol–water partition coefficient (Wildman–Crippen LogP) is 2.32. The molecule has 0 spiro atoms. The highest BCUT2D eigenvalue weighted by Crippen LogP contribution is 2.36. The van der Waals surface area contributed by atoms with Crippen LogP contribution in [0.5, 0.6) is 5.75 Å². The molecule has 1 aromatic carbocycles. The average Bonchev–Trinajstić information content (AvgIpc) is 2.96. The molecule has 1 aliphatic carbocycles. The molecule has 3 aromatic rings. The van der Waals surface area contributed by atoms with Gasteiger partial charge in [0.05, 0.1) is 0 Å². The van der Waals surface area contributed by atoms with Crippen molar-refractivity contribution in [2.24, 2.45) is 7.05 Å². The summed E-state index contributed by atoms with van der Waals surface area (Å²) in [5.41, 5.74) is 0.842. The Kier molecular flexibility index (Phi) is 4.28. The number of amides is 1. The van der Waals surface area contributed by atoms with Gasteiger partial charge in [-0.3, -0.25) is 9.78 Å². The summed E-state index contributed by atoms with van der Waals surface area (Å²) in [6.07, 6.45) is 3.57. The van der Waals surface area contributed by atoms with E-state index in [1.165, 1.54) is 0 Å². The standard InChI is InChI=1S/C19H21N5O2/c1-12(25)21-15-9-14(10-15)19-23-22-17(24(19)2)11-26-16-7-3-5-13-6-4-8-20-18(13)16/h3-8,14-15H,9-11H2,1-2H3,(H,21,25). The normalized spacial score (nSPS) is 19.2. The molecule has 1 fully saturated rings. The smallest absolute Gasteiger partial charge is 0.217 e. The molecule has 134 valence electrons. The van der Waals surface area contributed by atoms with Crippen LogP contribution >= 0.6 is 0 Å². The Morgan fingerprint density at radius 1 is 1.27 bits per heavy atom. The number of para-hydroxylation sites is 1. The van der Waals surface area contributed by atoms with Gasteiger partial charge in [0.25, 0.3) is 0 Å². The molecule has 1 amide bonds. The van der Waals surface area contributed by atoms with Gasteiger partial charge in [0, 0.05) is 37.5 Å². The lowest BCUT2D eigenvalue weighted by Gasteiger charge is -2.34. The molecule has 0 radical (unpaired) electrons. The Bertz CT molecular complexity index is 941. The number of hydrogen-bond donors (Lipinski definition) is 1. The summed E-state index contributed by atoms with van der Waals surface area (Å²) < 4.78 is 7.96. The summed E-state index contributed by atoms with van der Waals surface area (Å²) in [5, 5.41) is 12.6. The maximum Gasteiger partial charge on any atom is 0.217 e. The van der Waals surface area contributed by atoms with Crippen LogP contribution in [0.15, 0.2) is 36.5 Å². The van der Waals surface area contributed by atoms with Crippen molar-refractivity contribution in [3.05, 3.63) is 48.2 Å². The van der Waals surface area contributed by atoms with Gasteiger partial charge in [0.1, 0.15) is 23.7 Å². The molecule has 26 heavy (non-hydrogen) atoms. The summed E-state index contributed by atoms with van der Waals surface area (Å²) in [4.78, 5) is 15.5. The van der Waals surface area contributed by atoms with Gasteiger partial charge in [-0.05, 0) is 25.0 Å². The first-order valence-electron chi connectivity index (χ1n) is 8.73. The zero-order valence-corrected chi connectivity index (χ0v) is 14.8. The fraction of sp³-hybridized carbons (Fsp3) is 0.368. The number of aromatic nitrogens is 4. The van der Waals surface area contributed by atoms with Crippen molar-refractivity contribution in [3.63, 3.8) is 0 Å². The third-order valence-corrected chi connectivity index (χ3v) is 4.86. The molecule has 0 saturated heterocycles. The van der Waals surface area contributed by atoms with E-state index in [1.54, 1.807) is 13.1 Å². The molecule has 0 aliphatic heterocycles. The lowest BCUT2D eigenvalue weighted by molar-refractivity contribution is -0.120. The Labute approximate surface area is 151 Å². The zero-order valence-electron chi connectivity index (χ0n) is 14.8. The van der Waals surface area contributed by atoms with Crippen LogP contribution in [0.4, 0.5) is 0 Å². The number of hydrogen-bond acceptors (Lipinski definition) is 5. The van der Waals surface area contributed by atoms with E-state index in [-0.39, 0.29) is 11.9 Å². The van der Waals surface area contributed by atoms with Crippen LogP contribution in [0, 0.1) is 0 Å². The number of fused-ring (bicyclic) bond motifs is 1. The third-order valence-electron chi connectivity index (χ3n) is 4.86.